The lowest BCUT2D eigenvalue weighted by Crippen LogP contribution is -2.62. The van der Waals surface area contributed by atoms with Gasteiger partial charge in [-0.15, -0.1) is 0 Å². The van der Waals surface area contributed by atoms with Crippen molar-refractivity contribution in [1.82, 2.24) is 5.32 Å². The zero-order valence-corrected chi connectivity index (χ0v) is 9.87. The van der Waals surface area contributed by atoms with E-state index >= 15 is 0 Å². The van der Waals surface area contributed by atoms with Gasteiger partial charge in [-0.05, 0) is 6.92 Å². The molecule has 1 amide bonds. The van der Waals surface area contributed by atoms with Crippen molar-refractivity contribution in [2.75, 3.05) is 13.7 Å². The number of rotatable bonds is 6. The monoisotopic (exact) mass is 272 g/mol. The number of carbonyl (C=O) groups excluding carboxylic acids is 1. The van der Waals surface area contributed by atoms with Crippen LogP contribution in [0.1, 0.15) is 13.3 Å². The average Bonchev–Trinajstić information content (AvgIpc) is 2.21. The van der Waals surface area contributed by atoms with Gasteiger partial charge in [-0.1, -0.05) is 0 Å². The molecule has 0 saturated heterocycles. The number of carboxylic acids is 1. The maximum Gasteiger partial charge on any atom is 0.415 e. The Morgan fingerprint density at radius 2 is 1.94 bits per heavy atom. The molecule has 0 aliphatic heterocycles. The van der Waals surface area contributed by atoms with Crippen LogP contribution in [0.2, 0.25) is 0 Å². The second-order valence-corrected chi connectivity index (χ2v) is 3.87. The third-order valence-electron chi connectivity index (χ3n) is 2.29. The first-order valence-electron chi connectivity index (χ1n) is 4.91. The molecule has 6 nitrogen and oxygen atoms in total. The molecule has 9 heteroatoms. The lowest BCUT2D eigenvalue weighted by molar-refractivity contribution is -0.187. The van der Waals surface area contributed by atoms with Gasteiger partial charge in [-0.2, -0.15) is 13.2 Å². The number of ether oxygens (including phenoxy) is 1. The fraction of sp³-hybridized carbons (Fsp3) is 0.778. The van der Waals surface area contributed by atoms with Crippen molar-refractivity contribution in [3.8, 4) is 0 Å². The van der Waals surface area contributed by atoms with Crippen LogP contribution in [0, 0.1) is 0 Å². The standard InChI is InChI=1S/C9H15F3N2O4/c1-8(13,9(10,11)12)7(17)14-4-5(18-2)3-6(15)16/h5H,3-4,13H2,1-2H3,(H,14,17)(H,15,16). The van der Waals surface area contributed by atoms with Crippen LogP contribution in [0.4, 0.5) is 13.2 Å². The first kappa shape index (κ1) is 16.6. The van der Waals surface area contributed by atoms with Gasteiger partial charge >= 0.3 is 12.1 Å². The maximum absolute atomic E-state index is 12.4. The van der Waals surface area contributed by atoms with Gasteiger partial charge in [0.05, 0.1) is 12.5 Å². The molecule has 0 spiro atoms. The Labute approximate surface area is 101 Å². The molecule has 0 bridgehead atoms. The van der Waals surface area contributed by atoms with Gasteiger partial charge < -0.3 is 20.9 Å². The van der Waals surface area contributed by atoms with Crippen molar-refractivity contribution in [2.45, 2.75) is 31.2 Å². The molecular formula is C9H15F3N2O4. The predicted octanol–water partition coefficient (Wildman–Crippen LogP) is -0.128. The average molecular weight is 272 g/mol. The number of aliphatic carboxylic acids is 1. The van der Waals surface area contributed by atoms with Crippen molar-refractivity contribution < 1.29 is 32.6 Å². The number of methoxy groups -OCH3 is 1. The molecule has 0 aromatic rings. The minimum Gasteiger partial charge on any atom is -0.481 e. The molecule has 0 fully saturated rings. The number of halogens is 3. The second-order valence-electron chi connectivity index (χ2n) is 3.87. The van der Waals surface area contributed by atoms with E-state index in [1.165, 1.54) is 7.11 Å². The van der Waals surface area contributed by atoms with Gasteiger partial charge in [0.25, 0.3) is 0 Å². The molecular weight excluding hydrogens is 257 g/mol. The fourth-order valence-electron chi connectivity index (χ4n) is 0.952. The first-order chi connectivity index (χ1) is 8.02. The molecule has 0 rings (SSSR count). The first-order valence-corrected chi connectivity index (χ1v) is 4.91. The van der Waals surface area contributed by atoms with Crippen LogP contribution in [-0.2, 0) is 14.3 Å². The number of hydrogen-bond acceptors (Lipinski definition) is 4. The van der Waals surface area contributed by atoms with E-state index in [2.05, 4.69) is 0 Å². The molecule has 0 radical (unpaired) electrons. The molecule has 2 unspecified atom stereocenters. The Bertz CT molecular complexity index is 317. The lowest BCUT2D eigenvalue weighted by atomic mass is 10.0. The SMILES string of the molecule is COC(CNC(=O)C(C)(N)C(F)(F)F)CC(=O)O. The van der Waals surface area contributed by atoms with Crippen LogP contribution in [0.15, 0.2) is 0 Å². The van der Waals surface area contributed by atoms with Crippen LogP contribution >= 0.6 is 0 Å². The van der Waals surface area contributed by atoms with Gasteiger partial charge in [0.2, 0.25) is 5.91 Å². The van der Waals surface area contributed by atoms with Crippen molar-refractivity contribution in [1.29, 1.82) is 0 Å². The van der Waals surface area contributed by atoms with E-state index in [1.54, 1.807) is 0 Å². The number of nitrogens with two attached hydrogens (primary N) is 1. The number of carbonyl (C=O) groups is 2. The molecule has 4 N–H and O–H groups in total. The van der Waals surface area contributed by atoms with E-state index in [0.717, 1.165) is 0 Å². The topological polar surface area (TPSA) is 102 Å². The summed E-state index contributed by atoms with van der Waals surface area (Å²) in [5.41, 5.74) is 1.84. The third kappa shape index (κ3) is 4.49. The molecule has 0 aromatic carbocycles. The molecule has 0 aromatic heterocycles. The van der Waals surface area contributed by atoms with Gasteiger partial charge in [0.15, 0.2) is 5.54 Å². The predicted molar refractivity (Wildman–Crippen MR) is 54.7 cm³/mol. The van der Waals surface area contributed by atoms with E-state index in [4.69, 9.17) is 15.6 Å². The summed E-state index contributed by atoms with van der Waals surface area (Å²) in [6, 6.07) is 0. The molecule has 0 saturated carbocycles. The number of nitrogens with one attached hydrogen (secondary N) is 1. The summed E-state index contributed by atoms with van der Waals surface area (Å²) >= 11 is 0. The quantitative estimate of drug-likeness (QED) is 0.625. The highest BCUT2D eigenvalue weighted by Crippen LogP contribution is 2.27. The highest BCUT2D eigenvalue weighted by molar-refractivity contribution is 5.86. The fourth-order valence-corrected chi connectivity index (χ4v) is 0.952. The Balaban J connectivity index is 4.45. The summed E-state index contributed by atoms with van der Waals surface area (Å²) in [7, 11) is 1.19. The van der Waals surface area contributed by atoms with Crippen LogP contribution in [0.25, 0.3) is 0 Å². The van der Waals surface area contributed by atoms with Crippen molar-refractivity contribution in [3.05, 3.63) is 0 Å². The summed E-state index contributed by atoms with van der Waals surface area (Å²) in [5, 5.41) is 10.4. The van der Waals surface area contributed by atoms with E-state index in [0.29, 0.717) is 6.92 Å². The van der Waals surface area contributed by atoms with E-state index in [9.17, 15) is 22.8 Å². The van der Waals surface area contributed by atoms with Crippen LogP contribution in [-0.4, -0.2) is 48.5 Å². The summed E-state index contributed by atoms with van der Waals surface area (Å²) < 4.78 is 41.9. The molecule has 18 heavy (non-hydrogen) atoms. The Morgan fingerprint density at radius 3 is 2.28 bits per heavy atom. The molecule has 0 aliphatic carbocycles. The summed E-state index contributed by atoms with van der Waals surface area (Å²) in [6.07, 6.45) is -6.26. The number of carboxylic acid groups (broad SMARTS) is 1. The van der Waals surface area contributed by atoms with Gasteiger partial charge in [0, 0.05) is 13.7 Å². The van der Waals surface area contributed by atoms with Crippen LogP contribution < -0.4 is 11.1 Å². The largest absolute Gasteiger partial charge is 0.481 e. The zero-order valence-electron chi connectivity index (χ0n) is 9.87. The van der Waals surface area contributed by atoms with E-state index in [1.807, 2.05) is 5.32 Å². The highest BCUT2D eigenvalue weighted by Gasteiger charge is 2.53. The van der Waals surface area contributed by atoms with Crippen molar-refractivity contribution in [3.63, 3.8) is 0 Å². The molecule has 106 valence electrons. The van der Waals surface area contributed by atoms with E-state index in [-0.39, 0.29) is 6.54 Å². The summed E-state index contributed by atoms with van der Waals surface area (Å²) in [5.74, 6) is -2.63. The Morgan fingerprint density at radius 1 is 1.44 bits per heavy atom. The summed E-state index contributed by atoms with van der Waals surface area (Å²) in [6.45, 7) is 0.159. The normalized spacial score (nSPS) is 16.8. The van der Waals surface area contributed by atoms with Crippen molar-refractivity contribution in [2.24, 2.45) is 5.73 Å². The minimum absolute atomic E-state index is 0.371. The highest BCUT2D eigenvalue weighted by atomic mass is 19.4. The third-order valence-corrected chi connectivity index (χ3v) is 2.29. The minimum atomic E-state index is -4.90. The van der Waals surface area contributed by atoms with Gasteiger partial charge in [-0.25, -0.2) is 0 Å². The molecule has 2 atom stereocenters. The van der Waals surface area contributed by atoms with Crippen molar-refractivity contribution >= 4 is 11.9 Å². The Kier molecular flexibility index (Phi) is 5.55. The molecule has 0 aliphatic rings. The van der Waals surface area contributed by atoms with Gasteiger partial charge in [-0.3, -0.25) is 9.59 Å². The Hall–Kier alpha value is -1.35. The number of alkyl halides is 3. The second kappa shape index (κ2) is 6.01. The van der Waals surface area contributed by atoms with E-state index < -0.39 is 36.1 Å². The lowest BCUT2D eigenvalue weighted by Gasteiger charge is -2.27. The molecule has 0 heterocycles. The number of amides is 1. The maximum atomic E-state index is 12.4. The van der Waals surface area contributed by atoms with Crippen LogP contribution in [0.5, 0.6) is 0 Å². The van der Waals surface area contributed by atoms with Gasteiger partial charge in [0.1, 0.15) is 0 Å². The smallest absolute Gasteiger partial charge is 0.415 e. The van der Waals surface area contributed by atoms with Crippen LogP contribution in [0.3, 0.4) is 0 Å². The summed E-state index contributed by atoms with van der Waals surface area (Å²) in [4.78, 5) is 21.6. The number of hydrogen-bond donors (Lipinski definition) is 3. The zero-order chi connectivity index (χ0) is 14.6.